The van der Waals surface area contributed by atoms with E-state index in [1.165, 1.54) is 0 Å². The monoisotopic (exact) mass is 262 g/mol. The molecule has 2 amide bonds. The molecule has 0 spiro atoms. The minimum atomic E-state index is -0.872. The van der Waals surface area contributed by atoms with Gasteiger partial charge in [0.05, 0.1) is 5.92 Å². The zero-order valence-electron chi connectivity index (χ0n) is 10.7. The molecule has 5 nitrogen and oxygen atoms in total. The average molecular weight is 262 g/mol. The number of hydrogen-bond donors (Lipinski definition) is 3. The number of thioether (sulfide) groups is 1. The van der Waals surface area contributed by atoms with E-state index in [1.807, 2.05) is 13.2 Å². The number of urea groups is 1. The summed E-state index contributed by atoms with van der Waals surface area (Å²) in [6.45, 7) is 3.90. The molecule has 0 heterocycles. The van der Waals surface area contributed by atoms with Crippen LogP contribution in [0.3, 0.4) is 0 Å². The second-order valence-electron chi connectivity index (χ2n) is 3.98. The van der Waals surface area contributed by atoms with Crippen LogP contribution in [0.4, 0.5) is 4.79 Å². The highest BCUT2D eigenvalue weighted by atomic mass is 32.2. The normalized spacial score (nSPS) is 13.8. The van der Waals surface area contributed by atoms with Gasteiger partial charge in [-0.15, -0.1) is 0 Å². The quantitative estimate of drug-likeness (QED) is 0.620. The predicted octanol–water partition coefficient (Wildman–Crippen LogP) is 1.54. The van der Waals surface area contributed by atoms with Crippen molar-refractivity contribution in [3.05, 3.63) is 0 Å². The summed E-state index contributed by atoms with van der Waals surface area (Å²) in [5.41, 5.74) is 0. The molecule has 100 valence electrons. The smallest absolute Gasteiger partial charge is 0.315 e. The molecular formula is C11H22N2O3S. The van der Waals surface area contributed by atoms with Crippen molar-refractivity contribution in [2.24, 2.45) is 5.92 Å². The Kier molecular flexibility index (Phi) is 8.66. The summed E-state index contributed by atoms with van der Waals surface area (Å²) in [5.74, 6) is -0.390. The molecule has 17 heavy (non-hydrogen) atoms. The topological polar surface area (TPSA) is 78.4 Å². The van der Waals surface area contributed by atoms with Crippen molar-refractivity contribution in [1.29, 1.82) is 0 Å². The first kappa shape index (κ1) is 16.1. The van der Waals surface area contributed by atoms with Gasteiger partial charge < -0.3 is 15.7 Å². The lowest BCUT2D eigenvalue weighted by molar-refractivity contribution is -0.141. The summed E-state index contributed by atoms with van der Waals surface area (Å²) in [7, 11) is 0. The molecule has 0 saturated carbocycles. The van der Waals surface area contributed by atoms with Gasteiger partial charge in [-0.25, -0.2) is 4.79 Å². The number of carbonyl (C=O) groups excluding carboxylic acids is 1. The van der Waals surface area contributed by atoms with E-state index in [-0.39, 0.29) is 18.6 Å². The fourth-order valence-corrected chi connectivity index (χ4v) is 1.85. The second-order valence-corrected chi connectivity index (χ2v) is 4.97. The maximum atomic E-state index is 11.4. The first-order chi connectivity index (χ1) is 8.01. The molecule has 0 aliphatic heterocycles. The van der Waals surface area contributed by atoms with Crippen molar-refractivity contribution in [2.75, 3.05) is 18.6 Å². The van der Waals surface area contributed by atoms with Crippen LogP contribution < -0.4 is 10.6 Å². The predicted molar refractivity (Wildman–Crippen MR) is 70.4 cm³/mol. The summed E-state index contributed by atoms with van der Waals surface area (Å²) < 4.78 is 0. The fraction of sp³-hybridized carbons (Fsp3) is 0.818. The Morgan fingerprint density at radius 3 is 2.53 bits per heavy atom. The number of aliphatic carboxylic acids is 1. The van der Waals surface area contributed by atoms with E-state index in [0.717, 1.165) is 12.2 Å². The number of hydrogen-bond acceptors (Lipinski definition) is 3. The largest absolute Gasteiger partial charge is 0.481 e. The van der Waals surface area contributed by atoms with Crippen LogP contribution in [0.2, 0.25) is 0 Å². The lowest BCUT2D eigenvalue weighted by Crippen LogP contribution is -2.43. The molecule has 0 rings (SSSR count). The average Bonchev–Trinajstić information content (AvgIpc) is 2.26. The Balaban J connectivity index is 3.82. The van der Waals surface area contributed by atoms with Crippen LogP contribution >= 0.6 is 11.8 Å². The van der Waals surface area contributed by atoms with Crippen LogP contribution in [-0.4, -0.2) is 41.7 Å². The zero-order chi connectivity index (χ0) is 13.3. The zero-order valence-corrected chi connectivity index (χ0v) is 11.5. The Morgan fingerprint density at radius 2 is 2.06 bits per heavy atom. The van der Waals surface area contributed by atoms with Crippen molar-refractivity contribution in [3.63, 3.8) is 0 Å². The van der Waals surface area contributed by atoms with Crippen LogP contribution in [-0.2, 0) is 4.79 Å². The van der Waals surface area contributed by atoms with E-state index < -0.39 is 11.9 Å². The van der Waals surface area contributed by atoms with Gasteiger partial charge in [-0.2, -0.15) is 11.8 Å². The Labute approximate surface area is 107 Å². The molecule has 0 radical (unpaired) electrons. The summed E-state index contributed by atoms with van der Waals surface area (Å²) in [6.07, 6.45) is 3.44. The lowest BCUT2D eigenvalue weighted by atomic mass is 10.1. The SMILES string of the molecule is CCC(CNC(=O)NC(C)CCSC)C(=O)O. The van der Waals surface area contributed by atoms with Crippen LogP contribution in [0, 0.1) is 5.92 Å². The van der Waals surface area contributed by atoms with Crippen molar-refractivity contribution in [3.8, 4) is 0 Å². The van der Waals surface area contributed by atoms with Gasteiger partial charge in [0.25, 0.3) is 0 Å². The van der Waals surface area contributed by atoms with E-state index in [1.54, 1.807) is 18.7 Å². The Bertz CT molecular complexity index is 249. The van der Waals surface area contributed by atoms with Gasteiger partial charge in [0.15, 0.2) is 0 Å². The molecular weight excluding hydrogens is 240 g/mol. The fourth-order valence-electron chi connectivity index (χ4n) is 1.26. The summed E-state index contributed by atoms with van der Waals surface area (Å²) in [6, 6.07) is -0.189. The summed E-state index contributed by atoms with van der Waals surface area (Å²) in [4.78, 5) is 22.2. The third-order valence-corrected chi connectivity index (χ3v) is 3.13. The Hall–Kier alpha value is -0.910. The number of amides is 2. The van der Waals surface area contributed by atoms with Crippen LogP contribution in [0.5, 0.6) is 0 Å². The van der Waals surface area contributed by atoms with E-state index in [9.17, 15) is 9.59 Å². The first-order valence-corrected chi connectivity index (χ1v) is 7.16. The van der Waals surface area contributed by atoms with E-state index in [4.69, 9.17) is 5.11 Å². The number of carbonyl (C=O) groups is 2. The van der Waals surface area contributed by atoms with Crippen molar-refractivity contribution < 1.29 is 14.7 Å². The molecule has 2 atom stereocenters. The molecule has 0 fully saturated rings. The minimum Gasteiger partial charge on any atom is -0.481 e. The van der Waals surface area contributed by atoms with E-state index in [0.29, 0.717) is 6.42 Å². The highest BCUT2D eigenvalue weighted by molar-refractivity contribution is 7.98. The molecule has 0 aromatic heterocycles. The minimum absolute atomic E-state index is 0.104. The maximum Gasteiger partial charge on any atom is 0.315 e. The molecule has 0 saturated heterocycles. The molecule has 0 aromatic carbocycles. The lowest BCUT2D eigenvalue weighted by Gasteiger charge is -2.15. The highest BCUT2D eigenvalue weighted by Crippen LogP contribution is 2.01. The van der Waals surface area contributed by atoms with E-state index >= 15 is 0 Å². The van der Waals surface area contributed by atoms with Gasteiger partial charge in [-0.3, -0.25) is 4.79 Å². The van der Waals surface area contributed by atoms with Crippen molar-refractivity contribution >= 4 is 23.8 Å². The molecule has 0 aliphatic rings. The van der Waals surface area contributed by atoms with Gasteiger partial charge in [0.2, 0.25) is 0 Å². The van der Waals surface area contributed by atoms with Gasteiger partial charge in [0, 0.05) is 12.6 Å². The molecule has 0 aliphatic carbocycles. The molecule has 2 unspecified atom stereocenters. The number of carboxylic acids is 1. The summed E-state index contributed by atoms with van der Waals surface area (Å²) >= 11 is 1.73. The standard InChI is InChI=1S/C11H22N2O3S/c1-4-9(10(14)15)7-12-11(16)13-8(2)5-6-17-3/h8-9H,4-7H2,1-3H3,(H,14,15)(H2,12,13,16). The van der Waals surface area contributed by atoms with Crippen LogP contribution in [0.15, 0.2) is 0 Å². The molecule has 0 bridgehead atoms. The van der Waals surface area contributed by atoms with E-state index in [2.05, 4.69) is 10.6 Å². The van der Waals surface area contributed by atoms with Crippen molar-refractivity contribution in [1.82, 2.24) is 10.6 Å². The number of nitrogens with one attached hydrogen (secondary N) is 2. The van der Waals surface area contributed by atoms with Crippen molar-refractivity contribution in [2.45, 2.75) is 32.7 Å². The molecule has 3 N–H and O–H groups in total. The van der Waals surface area contributed by atoms with Gasteiger partial charge in [-0.05, 0) is 31.8 Å². The molecule has 0 aromatic rings. The highest BCUT2D eigenvalue weighted by Gasteiger charge is 2.16. The molecule has 6 heteroatoms. The van der Waals surface area contributed by atoms with Gasteiger partial charge in [0.1, 0.15) is 0 Å². The van der Waals surface area contributed by atoms with Crippen LogP contribution in [0.25, 0.3) is 0 Å². The second kappa shape index (κ2) is 9.15. The Morgan fingerprint density at radius 1 is 1.41 bits per heavy atom. The maximum absolute atomic E-state index is 11.4. The number of carboxylic acid groups (broad SMARTS) is 1. The summed E-state index contributed by atoms with van der Waals surface area (Å²) in [5, 5.41) is 14.2. The van der Waals surface area contributed by atoms with Gasteiger partial charge >= 0.3 is 12.0 Å². The third kappa shape index (κ3) is 7.90. The number of rotatable bonds is 8. The van der Waals surface area contributed by atoms with Gasteiger partial charge in [-0.1, -0.05) is 6.92 Å². The van der Waals surface area contributed by atoms with Crippen LogP contribution in [0.1, 0.15) is 26.7 Å². The third-order valence-electron chi connectivity index (χ3n) is 2.48. The first-order valence-electron chi connectivity index (χ1n) is 5.77.